The second-order valence-electron chi connectivity index (χ2n) is 6.63. The molecule has 2 aliphatic rings. The van der Waals surface area contributed by atoms with Crippen molar-refractivity contribution in [1.82, 2.24) is 10.2 Å². The summed E-state index contributed by atoms with van der Waals surface area (Å²) in [6.07, 6.45) is 1.96. The molecular formula is C19H19N3O3. The number of fused-ring (bicyclic) bond motifs is 1. The van der Waals surface area contributed by atoms with E-state index in [1.165, 1.54) is 6.07 Å². The normalized spacial score (nSPS) is 19.0. The Kier molecular flexibility index (Phi) is 3.97. The van der Waals surface area contributed by atoms with E-state index in [0.717, 1.165) is 41.6 Å². The number of benzene rings is 2. The second kappa shape index (κ2) is 6.29. The predicted octanol–water partition coefficient (Wildman–Crippen LogP) is 2.86. The Morgan fingerprint density at radius 2 is 1.92 bits per heavy atom. The van der Waals surface area contributed by atoms with Crippen molar-refractivity contribution in [3.8, 4) is 11.1 Å². The highest BCUT2D eigenvalue weighted by molar-refractivity contribution is 5.83. The molecule has 1 saturated heterocycles. The fourth-order valence-corrected chi connectivity index (χ4v) is 3.64. The zero-order valence-corrected chi connectivity index (χ0v) is 13.8. The number of carbonyl (C=O) groups excluding carboxylic acids is 1. The van der Waals surface area contributed by atoms with Gasteiger partial charge in [0.15, 0.2) is 0 Å². The van der Waals surface area contributed by atoms with Crippen molar-refractivity contribution in [2.45, 2.75) is 32.0 Å². The molecule has 2 heterocycles. The average molecular weight is 337 g/mol. The largest absolute Gasteiger partial charge is 0.333 e. The van der Waals surface area contributed by atoms with Crippen LogP contribution in [0.5, 0.6) is 0 Å². The molecule has 4 rings (SSSR count). The monoisotopic (exact) mass is 337 g/mol. The minimum atomic E-state index is -0.383. The second-order valence-corrected chi connectivity index (χ2v) is 6.63. The fraction of sp³-hybridized carbons (Fsp3) is 0.316. The van der Waals surface area contributed by atoms with Crippen molar-refractivity contribution >= 4 is 11.6 Å². The van der Waals surface area contributed by atoms with Crippen LogP contribution in [0.1, 0.15) is 24.0 Å². The van der Waals surface area contributed by atoms with E-state index >= 15 is 0 Å². The van der Waals surface area contributed by atoms with Crippen LogP contribution >= 0.6 is 0 Å². The third kappa shape index (κ3) is 3.00. The number of non-ortho nitro benzene ring substituents is 1. The van der Waals surface area contributed by atoms with Crippen molar-refractivity contribution < 1.29 is 9.72 Å². The van der Waals surface area contributed by atoms with Crippen molar-refractivity contribution in [1.29, 1.82) is 0 Å². The SMILES string of the molecule is O=C(C1CCCN1)N1Cc2ccc(-c3cccc([N+](=O)[O-])c3)cc2C1. The molecule has 1 fully saturated rings. The number of nitro benzene ring substituents is 1. The van der Waals surface area contributed by atoms with Crippen LogP contribution in [0.3, 0.4) is 0 Å². The van der Waals surface area contributed by atoms with Gasteiger partial charge in [0.1, 0.15) is 0 Å². The summed E-state index contributed by atoms with van der Waals surface area (Å²) in [5.74, 6) is 0.172. The molecule has 2 aromatic carbocycles. The van der Waals surface area contributed by atoms with Crippen LogP contribution < -0.4 is 5.32 Å². The van der Waals surface area contributed by atoms with Gasteiger partial charge in [-0.3, -0.25) is 14.9 Å². The lowest BCUT2D eigenvalue weighted by Crippen LogP contribution is -2.40. The number of carbonyl (C=O) groups is 1. The lowest BCUT2D eigenvalue weighted by Gasteiger charge is -2.19. The Balaban J connectivity index is 1.57. The molecule has 0 spiro atoms. The minimum Gasteiger partial charge on any atom is -0.333 e. The van der Waals surface area contributed by atoms with Gasteiger partial charge in [0, 0.05) is 25.2 Å². The highest BCUT2D eigenvalue weighted by Crippen LogP contribution is 2.30. The molecule has 1 amide bonds. The van der Waals surface area contributed by atoms with Gasteiger partial charge in [-0.1, -0.05) is 24.3 Å². The highest BCUT2D eigenvalue weighted by atomic mass is 16.6. The van der Waals surface area contributed by atoms with E-state index in [-0.39, 0.29) is 22.6 Å². The van der Waals surface area contributed by atoms with E-state index < -0.39 is 0 Å². The highest BCUT2D eigenvalue weighted by Gasteiger charge is 2.30. The summed E-state index contributed by atoms with van der Waals surface area (Å²) in [5.41, 5.74) is 4.12. The zero-order chi connectivity index (χ0) is 17.4. The minimum absolute atomic E-state index is 0.0504. The summed E-state index contributed by atoms with van der Waals surface area (Å²) in [7, 11) is 0. The van der Waals surface area contributed by atoms with Crippen LogP contribution in [0.25, 0.3) is 11.1 Å². The Morgan fingerprint density at radius 3 is 2.68 bits per heavy atom. The predicted molar refractivity (Wildman–Crippen MR) is 93.8 cm³/mol. The van der Waals surface area contributed by atoms with E-state index in [9.17, 15) is 14.9 Å². The van der Waals surface area contributed by atoms with E-state index in [2.05, 4.69) is 5.32 Å². The maximum Gasteiger partial charge on any atom is 0.270 e. The first-order chi connectivity index (χ1) is 12.1. The Bertz CT molecular complexity index is 844. The average Bonchev–Trinajstić information content (AvgIpc) is 3.30. The summed E-state index contributed by atoms with van der Waals surface area (Å²) in [4.78, 5) is 25.1. The summed E-state index contributed by atoms with van der Waals surface area (Å²) in [6, 6.07) is 12.6. The molecule has 1 unspecified atom stereocenters. The van der Waals surface area contributed by atoms with E-state index in [1.54, 1.807) is 12.1 Å². The summed E-state index contributed by atoms with van der Waals surface area (Å²) < 4.78 is 0. The number of nitro groups is 1. The molecule has 1 N–H and O–H groups in total. The number of nitrogens with one attached hydrogen (secondary N) is 1. The molecule has 25 heavy (non-hydrogen) atoms. The van der Waals surface area contributed by atoms with Crippen LogP contribution in [0.4, 0.5) is 5.69 Å². The van der Waals surface area contributed by atoms with E-state index in [4.69, 9.17) is 0 Å². The maximum atomic E-state index is 12.6. The molecule has 0 bridgehead atoms. The molecule has 6 nitrogen and oxygen atoms in total. The van der Waals surface area contributed by atoms with Gasteiger partial charge in [0.25, 0.3) is 5.69 Å². The topological polar surface area (TPSA) is 75.5 Å². The molecule has 0 aliphatic carbocycles. The van der Waals surface area contributed by atoms with Crippen molar-refractivity contribution in [3.05, 3.63) is 63.7 Å². The lowest BCUT2D eigenvalue weighted by atomic mass is 10.0. The zero-order valence-electron chi connectivity index (χ0n) is 13.8. The number of amides is 1. The Labute approximate surface area is 145 Å². The first-order valence-corrected chi connectivity index (χ1v) is 8.50. The Hall–Kier alpha value is -2.73. The molecule has 0 saturated carbocycles. The summed E-state index contributed by atoms with van der Waals surface area (Å²) in [6.45, 7) is 2.16. The maximum absolute atomic E-state index is 12.6. The van der Waals surface area contributed by atoms with E-state index in [0.29, 0.717) is 13.1 Å². The van der Waals surface area contributed by atoms with Crippen LogP contribution in [0.15, 0.2) is 42.5 Å². The number of hydrogen-bond donors (Lipinski definition) is 1. The Morgan fingerprint density at radius 1 is 1.12 bits per heavy atom. The van der Waals surface area contributed by atoms with E-state index in [1.807, 2.05) is 29.2 Å². The van der Waals surface area contributed by atoms with Crippen LogP contribution in [-0.4, -0.2) is 28.3 Å². The molecular weight excluding hydrogens is 318 g/mol. The number of rotatable bonds is 3. The van der Waals surface area contributed by atoms with Gasteiger partial charge < -0.3 is 10.2 Å². The molecule has 6 heteroatoms. The number of nitrogens with zero attached hydrogens (tertiary/aromatic N) is 2. The summed E-state index contributed by atoms with van der Waals surface area (Å²) >= 11 is 0. The smallest absolute Gasteiger partial charge is 0.270 e. The standard InChI is InChI=1S/C19H19N3O3/c23-19(18-5-2-8-20-18)21-11-15-7-6-14(9-16(15)12-21)13-3-1-4-17(10-13)22(24)25/h1,3-4,6-7,9-10,18,20H,2,5,8,11-12H2. The third-order valence-electron chi connectivity index (χ3n) is 4.99. The van der Waals surface area contributed by atoms with Gasteiger partial charge >= 0.3 is 0 Å². The van der Waals surface area contributed by atoms with Gasteiger partial charge in [-0.2, -0.15) is 0 Å². The molecule has 0 radical (unpaired) electrons. The first-order valence-electron chi connectivity index (χ1n) is 8.50. The lowest BCUT2D eigenvalue weighted by molar-refractivity contribution is -0.384. The van der Waals surface area contributed by atoms with Gasteiger partial charge in [-0.05, 0) is 47.7 Å². The van der Waals surface area contributed by atoms with Crippen LogP contribution in [0.2, 0.25) is 0 Å². The third-order valence-corrected chi connectivity index (χ3v) is 4.99. The fourth-order valence-electron chi connectivity index (χ4n) is 3.64. The van der Waals surface area contributed by atoms with Crippen molar-refractivity contribution in [3.63, 3.8) is 0 Å². The van der Waals surface area contributed by atoms with Gasteiger partial charge in [0.05, 0.1) is 11.0 Å². The van der Waals surface area contributed by atoms with Crippen molar-refractivity contribution in [2.75, 3.05) is 6.54 Å². The van der Waals surface area contributed by atoms with Crippen LogP contribution in [-0.2, 0) is 17.9 Å². The van der Waals surface area contributed by atoms with Gasteiger partial charge in [-0.25, -0.2) is 0 Å². The molecule has 1 atom stereocenters. The molecule has 2 aromatic rings. The van der Waals surface area contributed by atoms with Gasteiger partial charge in [-0.15, -0.1) is 0 Å². The molecule has 0 aromatic heterocycles. The molecule has 2 aliphatic heterocycles. The van der Waals surface area contributed by atoms with Crippen LogP contribution in [0, 0.1) is 10.1 Å². The first kappa shape index (κ1) is 15.8. The van der Waals surface area contributed by atoms with Gasteiger partial charge in [0.2, 0.25) is 5.91 Å². The number of hydrogen-bond acceptors (Lipinski definition) is 4. The molecule has 128 valence electrons. The van der Waals surface area contributed by atoms with Crippen molar-refractivity contribution in [2.24, 2.45) is 0 Å². The summed E-state index contributed by atoms with van der Waals surface area (Å²) in [5, 5.41) is 14.2. The quantitative estimate of drug-likeness (QED) is 0.690.